The third-order valence-electron chi connectivity index (χ3n) is 5.53. The van der Waals surface area contributed by atoms with Crippen LogP contribution in [0.3, 0.4) is 0 Å². The van der Waals surface area contributed by atoms with E-state index >= 15 is 0 Å². The molecule has 0 bridgehead atoms. The van der Waals surface area contributed by atoms with Crippen LogP contribution >= 0.6 is 0 Å². The molecule has 1 aliphatic carbocycles. The highest BCUT2D eigenvalue weighted by Gasteiger charge is 2.25. The number of ether oxygens (including phenoxy) is 1. The number of aryl methyl sites for hydroxylation is 1. The summed E-state index contributed by atoms with van der Waals surface area (Å²) in [6.45, 7) is 5.15. The molecule has 2 atom stereocenters. The second-order valence-corrected chi connectivity index (χ2v) is 7.39. The fourth-order valence-electron chi connectivity index (χ4n) is 4.07. The van der Waals surface area contributed by atoms with E-state index in [2.05, 4.69) is 72.4 Å². The Morgan fingerprint density at radius 1 is 1.04 bits per heavy atom. The van der Waals surface area contributed by atoms with Gasteiger partial charge >= 0.3 is 0 Å². The van der Waals surface area contributed by atoms with Crippen molar-refractivity contribution in [3.05, 3.63) is 89.3 Å². The van der Waals surface area contributed by atoms with Crippen LogP contribution in [-0.2, 0) is 6.54 Å². The number of allylic oxidation sites excluding steroid dienone is 1. The van der Waals surface area contributed by atoms with Gasteiger partial charge in [-0.25, -0.2) is 4.68 Å². The predicted octanol–water partition coefficient (Wildman–Crippen LogP) is 4.70. The molecule has 1 heterocycles. The molecule has 0 fully saturated rings. The molecule has 4 nitrogen and oxygen atoms in total. The first-order chi connectivity index (χ1) is 13.7. The van der Waals surface area contributed by atoms with E-state index in [0.29, 0.717) is 12.0 Å². The van der Waals surface area contributed by atoms with Crippen LogP contribution in [0.25, 0.3) is 5.69 Å². The third kappa shape index (κ3) is 3.73. The summed E-state index contributed by atoms with van der Waals surface area (Å²) < 4.78 is 7.29. The Labute approximate surface area is 166 Å². The molecule has 0 spiro atoms. The minimum atomic E-state index is 0.381. The second-order valence-electron chi connectivity index (χ2n) is 7.39. The van der Waals surface area contributed by atoms with E-state index in [1.807, 2.05) is 18.2 Å². The van der Waals surface area contributed by atoms with Gasteiger partial charge in [0.1, 0.15) is 5.75 Å². The van der Waals surface area contributed by atoms with E-state index in [1.165, 1.54) is 16.8 Å². The largest absolute Gasteiger partial charge is 0.497 e. The monoisotopic (exact) mass is 373 g/mol. The molecule has 1 aliphatic rings. The quantitative estimate of drug-likeness (QED) is 0.637. The lowest BCUT2D eigenvalue weighted by Crippen LogP contribution is -2.25. The zero-order chi connectivity index (χ0) is 19.5. The summed E-state index contributed by atoms with van der Waals surface area (Å²) in [4.78, 5) is 0. The standard InChI is InChI=1S/C24H27N3O/c1-17-24(18(2)27(26-17)22-7-5-4-6-8-22)20-11-12-21(15-20)25-16-19-9-13-23(28-3)14-10-19/h4-14,20-21,25H,15-16H2,1-3H3/t20-,21+/m0/s1. The van der Waals surface area contributed by atoms with Gasteiger partial charge in [-0.15, -0.1) is 0 Å². The maximum absolute atomic E-state index is 5.23. The maximum Gasteiger partial charge on any atom is 0.118 e. The molecule has 1 aromatic heterocycles. The minimum absolute atomic E-state index is 0.381. The lowest BCUT2D eigenvalue weighted by Gasteiger charge is -2.15. The molecule has 0 saturated heterocycles. The molecule has 1 N–H and O–H groups in total. The summed E-state index contributed by atoms with van der Waals surface area (Å²) in [7, 11) is 1.70. The van der Waals surface area contributed by atoms with E-state index in [-0.39, 0.29) is 0 Å². The van der Waals surface area contributed by atoms with Gasteiger partial charge in [0.15, 0.2) is 0 Å². The van der Waals surface area contributed by atoms with E-state index in [1.54, 1.807) is 7.11 Å². The molecule has 3 aromatic rings. The normalized spacial score (nSPS) is 18.5. The van der Waals surface area contributed by atoms with Crippen molar-refractivity contribution in [2.45, 2.75) is 38.8 Å². The molecule has 4 heteroatoms. The molecule has 144 valence electrons. The summed E-state index contributed by atoms with van der Waals surface area (Å²) >= 11 is 0. The SMILES string of the molecule is COc1ccc(CN[C@@H]2C=C[C@H](c3c(C)nn(-c4ccccc4)c3C)C2)cc1. The molecule has 0 saturated carbocycles. The Morgan fingerprint density at radius 2 is 1.79 bits per heavy atom. The van der Waals surface area contributed by atoms with E-state index < -0.39 is 0 Å². The van der Waals surface area contributed by atoms with Gasteiger partial charge in [0.05, 0.1) is 18.5 Å². The van der Waals surface area contributed by atoms with Crippen molar-refractivity contribution in [3.8, 4) is 11.4 Å². The van der Waals surface area contributed by atoms with E-state index in [4.69, 9.17) is 9.84 Å². The number of rotatable bonds is 6. The van der Waals surface area contributed by atoms with Crippen molar-refractivity contribution in [2.75, 3.05) is 7.11 Å². The minimum Gasteiger partial charge on any atom is -0.497 e. The van der Waals surface area contributed by atoms with Crippen molar-refractivity contribution >= 4 is 0 Å². The Morgan fingerprint density at radius 3 is 2.50 bits per heavy atom. The molecular formula is C24H27N3O. The Hall–Kier alpha value is -2.85. The Kier molecular flexibility index (Phi) is 5.31. The van der Waals surface area contributed by atoms with Gasteiger partial charge in [-0.1, -0.05) is 42.5 Å². The van der Waals surface area contributed by atoms with Gasteiger partial charge in [-0.3, -0.25) is 0 Å². The lowest BCUT2D eigenvalue weighted by molar-refractivity contribution is 0.414. The average molecular weight is 374 g/mol. The number of hydrogen-bond donors (Lipinski definition) is 1. The predicted molar refractivity (Wildman–Crippen MR) is 113 cm³/mol. The summed E-state index contributed by atoms with van der Waals surface area (Å²) in [5.74, 6) is 1.30. The molecule has 2 aromatic carbocycles. The molecule has 0 amide bonds. The first-order valence-electron chi connectivity index (χ1n) is 9.82. The highest BCUT2D eigenvalue weighted by Crippen LogP contribution is 2.34. The lowest BCUT2D eigenvalue weighted by atomic mass is 9.96. The number of hydrogen-bond acceptors (Lipinski definition) is 3. The van der Waals surface area contributed by atoms with Crippen LogP contribution < -0.4 is 10.1 Å². The van der Waals surface area contributed by atoms with Gasteiger partial charge in [0.2, 0.25) is 0 Å². The number of para-hydroxylation sites is 1. The van der Waals surface area contributed by atoms with Crippen LogP contribution in [0, 0.1) is 13.8 Å². The van der Waals surface area contributed by atoms with Crippen LogP contribution in [0.15, 0.2) is 66.7 Å². The van der Waals surface area contributed by atoms with E-state index in [0.717, 1.165) is 30.1 Å². The summed E-state index contributed by atoms with van der Waals surface area (Å²) in [5, 5.41) is 8.47. The zero-order valence-electron chi connectivity index (χ0n) is 16.7. The van der Waals surface area contributed by atoms with Crippen LogP contribution in [0.1, 0.15) is 34.9 Å². The number of nitrogens with zero attached hydrogens (tertiary/aromatic N) is 2. The average Bonchev–Trinajstić information content (AvgIpc) is 3.31. The fraction of sp³-hybridized carbons (Fsp3) is 0.292. The van der Waals surface area contributed by atoms with Gasteiger partial charge in [0, 0.05) is 29.8 Å². The number of methoxy groups -OCH3 is 1. The van der Waals surface area contributed by atoms with Crippen LogP contribution in [0.5, 0.6) is 5.75 Å². The number of benzene rings is 2. The summed E-state index contributed by atoms with van der Waals surface area (Å²) in [5.41, 5.74) is 6.09. The number of nitrogens with one attached hydrogen (secondary N) is 1. The first-order valence-corrected chi connectivity index (χ1v) is 9.82. The summed E-state index contributed by atoms with van der Waals surface area (Å²) in [6.07, 6.45) is 5.70. The maximum atomic E-state index is 5.23. The summed E-state index contributed by atoms with van der Waals surface area (Å²) in [6, 6.07) is 19.0. The highest BCUT2D eigenvalue weighted by molar-refractivity contribution is 5.41. The van der Waals surface area contributed by atoms with E-state index in [9.17, 15) is 0 Å². The number of aromatic nitrogens is 2. The molecule has 4 rings (SSSR count). The molecule has 0 aliphatic heterocycles. The Bertz CT molecular complexity index is 958. The van der Waals surface area contributed by atoms with Crippen LogP contribution in [0.4, 0.5) is 0 Å². The van der Waals surface area contributed by atoms with Crippen molar-refractivity contribution in [1.82, 2.24) is 15.1 Å². The highest BCUT2D eigenvalue weighted by atomic mass is 16.5. The third-order valence-corrected chi connectivity index (χ3v) is 5.53. The topological polar surface area (TPSA) is 39.1 Å². The van der Waals surface area contributed by atoms with Crippen molar-refractivity contribution in [2.24, 2.45) is 0 Å². The van der Waals surface area contributed by atoms with Crippen LogP contribution in [-0.4, -0.2) is 22.9 Å². The Balaban J connectivity index is 1.43. The zero-order valence-corrected chi connectivity index (χ0v) is 16.7. The van der Waals surface area contributed by atoms with Crippen molar-refractivity contribution < 1.29 is 4.74 Å². The van der Waals surface area contributed by atoms with Gasteiger partial charge < -0.3 is 10.1 Å². The van der Waals surface area contributed by atoms with Gasteiger partial charge in [-0.05, 0) is 50.1 Å². The van der Waals surface area contributed by atoms with Gasteiger partial charge in [0.25, 0.3) is 0 Å². The molecular weight excluding hydrogens is 346 g/mol. The second kappa shape index (κ2) is 8.03. The van der Waals surface area contributed by atoms with Crippen molar-refractivity contribution in [3.63, 3.8) is 0 Å². The molecule has 28 heavy (non-hydrogen) atoms. The molecule has 0 unspecified atom stereocenters. The van der Waals surface area contributed by atoms with Crippen LogP contribution in [0.2, 0.25) is 0 Å². The fourth-order valence-corrected chi connectivity index (χ4v) is 4.07. The molecule has 0 radical (unpaired) electrons. The smallest absolute Gasteiger partial charge is 0.118 e. The van der Waals surface area contributed by atoms with Crippen molar-refractivity contribution in [1.29, 1.82) is 0 Å². The van der Waals surface area contributed by atoms with Gasteiger partial charge in [-0.2, -0.15) is 5.10 Å². The first kappa shape index (κ1) is 18.5.